The van der Waals surface area contributed by atoms with Gasteiger partial charge in [-0.2, -0.15) is 0 Å². The summed E-state index contributed by atoms with van der Waals surface area (Å²) in [6, 6.07) is 2.77. The third kappa shape index (κ3) is 3.84. The molecule has 0 unspecified atom stereocenters. The molecule has 0 saturated heterocycles. The number of hydrogen-bond acceptors (Lipinski definition) is 6. The van der Waals surface area contributed by atoms with Gasteiger partial charge in [-0.25, -0.2) is 15.0 Å². The number of aromatic nitrogens is 3. The Bertz CT molecular complexity index is 751. The zero-order valence-corrected chi connectivity index (χ0v) is 15.0. The molecule has 2 aliphatic carbocycles. The Kier molecular flexibility index (Phi) is 4.46. The molecule has 2 aliphatic rings. The van der Waals surface area contributed by atoms with Gasteiger partial charge in [0, 0.05) is 35.3 Å². The van der Waals surface area contributed by atoms with Crippen LogP contribution in [-0.2, 0) is 0 Å². The second-order valence-electron chi connectivity index (χ2n) is 7.75. The molecule has 2 aromatic heterocycles. The van der Waals surface area contributed by atoms with Crippen molar-refractivity contribution in [2.24, 2.45) is 0 Å². The second kappa shape index (κ2) is 6.75. The van der Waals surface area contributed by atoms with E-state index < -0.39 is 0 Å². The zero-order chi connectivity index (χ0) is 17.4. The molecule has 2 heterocycles. The van der Waals surface area contributed by atoms with Gasteiger partial charge >= 0.3 is 0 Å². The van der Waals surface area contributed by atoms with Crippen LogP contribution in [0.25, 0.3) is 10.9 Å². The number of nitrogens with one attached hydrogen (secondary N) is 2. The van der Waals surface area contributed by atoms with Gasteiger partial charge in [0.05, 0.1) is 6.10 Å². The maximum absolute atomic E-state index is 9.65. The minimum absolute atomic E-state index is 0.150. The molecule has 0 atom stereocenters. The number of rotatable bonds is 5. The van der Waals surface area contributed by atoms with Crippen LogP contribution < -0.4 is 10.6 Å². The topological polar surface area (TPSA) is 83.0 Å². The average Bonchev–Trinajstić information content (AvgIpc) is 3.42. The molecule has 2 fully saturated rings. The molecule has 0 bridgehead atoms. The highest BCUT2D eigenvalue weighted by atomic mass is 16.3. The second-order valence-corrected chi connectivity index (χ2v) is 7.75. The van der Waals surface area contributed by atoms with E-state index in [9.17, 15) is 5.11 Å². The van der Waals surface area contributed by atoms with E-state index in [1.54, 1.807) is 0 Å². The lowest BCUT2D eigenvalue weighted by Crippen LogP contribution is -2.28. The fraction of sp³-hybridized carbons (Fsp3) is 0.632. The van der Waals surface area contributed by atoms with Crippen LogP contribution in [0.2, 0.25) is 0 Å². The number of anilines is 2. The van der Waals surface area contributed by atoms with Crippen molar-refractivity contribution in [1.29, 1.82) is 0 Å². The number of aliphatic hydroxyl groups is 1. The molecular weight excluding hydrogens is 314 g/mol. The molecule has 25 heavy (non-hydrogen) atoms. The molecule has 6 heteroatoms. The van der Waals surface area contributed by atoms with Crippen LogP contribution >= 0.6 is 0 Å². The number of hydrogen-bond donors (Lipinski definition) is 3. The third-order valence-electron chi connectivity index (χ3n) is 5.04. The summed E-state index contributed by atoms with van der Waals surface area (Å²) in [4.78, 5) is 14.1. The highest BCUT2D eigenvalue weighted by Gasteiger charge is 2.26. The molecule has 134 valence electrons. The summed E-state index contributed by atoms with van der Waals surface area (Å²) in [7, 11) is 0. The highest BCUT2D eigenvalue weighted by molar-refractivity contribution is 5.89. The largest absolute Gasteiger partial charge is 0.393 e. The maximum atomic E-state index is 9.65. The van der Waals surface area contributed by atoms with E-state index in [0.29, 0.717) is 23.9 Å². The highest BCUT2D eigenvalue weighted by Crippen LogP contribution is 2.40. The summed E-state index contributed by atoms with van der Waals surface area (Å²) in [5.41, 5.74) is 2.03. The predicted molar refractivity (Wildman–Crippen MR) is 100.0 cm³/mol. The van der Waals surface area contributed by atoms with E-state index >= 15 is 0 Å². The van der Waals surface area contributed by atoms with E-state index in [4.69, 9.17) is 9.97 Å². The Morgan fingerprint density at radius 2 is 1.84 bits per heavy atom. The summed E-state index contributed by atoms with van der Waals surface area (Å²) in [6.07, 6.45) is 7.82. The van der Waals surface area contributed by atoms with Crippen molar-refractivity contribution in [2.75, 3.05) is 10.6 Å². The van der Waals surface area contributed by atoms with Gasteiger partial charge in [0.2, 0.25) is 5.95 Å². The van der Waals surface area contributed by atoms with Crippen molar-refractivity contribution in [2.45, 2.75) is 76.5 Å². The maximum Gasteiger partial charge on any atom is 0.223 e. The van der Waals surface area contributed by atoms with Gasteiger partial charge in [-0.15, -0.1) is 0 Å². The van der Waals surface area contributed by atoms with E-state index in [2.05, 4.69) is 35.5 Å². The smallest absolute Gasteiger partial charge is 0.223 e. The molecule has 0 radical (unpaired) electrons. The summed E-state index contributed by atoms with van der Waals surface area (Å²) in [5, 5.41) is 17.6. The first kappa shape index (κ1) is 16.5. The molecule has 2 saturated carbocycles. The molecule has 0 aliphatic heterocycles. The quantitative estimate of drug-likeness (QED) is 0.773. The van der Waals surface area contributed by atoms with Crippen LogP contribution in [0.4, 0.5) is 11.8 Å². The van der Waals surface area contributed by atoms with Gasteiger partial charge in [0.15, 0.2) is 5.82 Å². The molecule has 0 aromatic carbocycles. The normalized spacial score (nSPS) is 23.8. The van der Waals surface area contributed by atoms with Crippen LogP contribution in [-0.4, -0.2) is 38.2 Å². The Morgan fingerprint density at radius 3 is 2.52 bits per heavy atom. The van der Waals surface area contributed by atoms with Gasteiger partial charge in [-0.1, -0.05) is 0 Å². The number of pyridine rings is 1. The van der Waals surface area contributed by atoms with Crippen LogP contribution in [0.5, 0.6) is 0 Å². The molecular formula is C19H27N5O. The zero-order valence-electron chi connectivity index (χ0n) is 15.0. The van der Waals surface area contributed by atoms with Crippen LogP contribution in [0, 0.1) is 0 Å². The van der Waals surface area contributed by atoms with Crippen LogP contribution in [0.15, 0.2) is 12.3 Å². The van der Waals surface area contributed by atoms with Gasteiger partial charge < -0.3 is 15.7 Å². The van der Waals surface area contributed by atoms with Gasteiger partial charge in [-0.05, 0) is 58.4 Å². The number of nitrogens with zero attached hydrogens (tertiary/aromatic N) is 3. The minimum Gasteiger partial charge on any atom is -0.393 e. The Balaban J connectivity index is 1.62. The van der Waals surface area contributed by atoms with Gasteiger partial charge in [-0.3, -0.25) is 0 Å². The van der Waals surface area contributed by atoms with Crippen LogP contribution in [0.1, 0.15) is 64.0 Å². The van der Waals surface area contributed by atoms with Gasteiger partial charge in [0.1, 0.15) is 5.52 Å². The first-order valence-electron chi connectivity index (χ1n) is 9.47. The van der Waals surface area contributed by atoms with Gasteiger partial charge in [0.25, 0.3) is 0 Å². The lowest BCUT2D eigenvalue weighted by molar-refractivity contribution is 0.126. The minimum atomic E-state index is -0.150. The molecule has 3 N–H and O–H groups in total. The summed E-state index contributed by atoms with van der Waals surface area (Å²) in [5.74, 6) is 2.11. The number of aliphatic hydroxyl groups excluding tert-OH is 1. The average molecular weight is 341 g/mol. The molecule has 0 spiro atoms. The fourth-order valence-electron chi connectivity index (χ4n) is 3.49. The molecule has 0 amide bonds. The standard InChI is InChI=1S/C19H27N5O/c1-11(2)21-18-17-13(9-16(23-18)12-3-4-12)10-20-19(24-17)22-14-5-7-15(25)8-6-14/h9-12,14-15,25H,3-8H2,1-2H3,(H,21,23)(H,20,22,24). The Hall–Kier alpha value is -1.95. The number of fused-ring (bicyclic) bond motifs is 1. The summed E-state index contributed by atoms with van der Waals surface area (Å²) < 4.78 is 0. The van der Waals surface area contributed by atoms with Crippen molar-refractivity contribution < 1.29 is 5.11 Å². The molecule has 2 aromatic rings. The first-order valence-corrected chi connectivity index (χ1v) is 9.47. The predicted octanol–water partition coefficient (Wildman–Crippen LogP) is 3.44. The summed E-state index contributed by atoms with van der Waals surface area (Å²) in [6.45, 7) is 4.23. The van der Waals surface area contributed by atoms with Crippen molar-refractivity contribution in [3.8, 4) is 0 Å². The van der Waals surface area contributed by atoms with E-state index in [1.807, 2.05) is 6.20 Å². The van der Waals surface area contributed by atoms with Crippen molar-refractivity contribution >= 4 is 22.7 Å². The van der Waals surface area contributed by atoms with E-state index in [-0.39, 0.29) is 6.10 Å². The SMILES string of the molecule is CC(C)Nc1nc(C2CC2)cc2cnc(NC3CCC(O)CC3)nc12. The van der Waals surface area contributed by atoms with Crippen molar-refractivity contribution in [3.63, 3.8) is 0 Å². The van der Waals surface area contributed by atoms with E-state index in [0.717, 1.165) is 48.1 Å². The van der Waals surface area contributed by atoms with E-state index in [1.165, 1.54) is 12.8 Å². The first-order chi connectivity index (χ1) is 12.1. The van der Waals surface area contributed by atoms with Crippen molar-refractivity contribution in [3.05, 3.63) is 18.0 Å². The molecule has 6 nitrogen and oxygen atoms in total. The van der Waals surface area contributed by atoms with Crippen molar-refractivity contribution in [1.82, 2.24) is 15.0 Å². The Labute approximate surface area is 148 Å². The molecule has 4 rings (SSSR count). The van der Waals surface area contributed by atoms with Crippen LogP contribution in [0.3, 0.4) is 0 Å². The fourth-order valence-corrected chi connectivity index (χ4v) is 3.49. The summed E-state index contributed by atoms with van der Waals surface area (Å²) >= 11 is 0. The lowest BCUT2D eigenvalue weighted by atomic mass is 9.93. The lowest BCUT2D eigenvalue weighted by Gasteiger charge is -2.26. The Morgan fingerprint density at radius 1 is 1.08 bits per heavy atom. The third-order valence-corrected chi connectivity index (χ3v) is 5.04. The monoisotopic (exact) mass is 341 g/mol.